The minimum absolute atomic E-state index is 0.129. The van der Waals surface area contributed by atoms with Gasteiger partial charge in [0.2, 0.25) is 5.91 Å². The minimum atomic E-state index is 0.129. The normalized spacial score (nSPS) is 35.2. The van der Waals surface area contributed by atoms with Crippen molar-refractivity contribution in [1.29, 1.82) is 0 Å². The predicted octanol–water partition coefficient (Wildman–Crippen LogP) is 2.94. The van der Waals surface area contributed by atoms with Crippen LogP contribution >= 0.6 is 11.8 Å². The summed E-state index contributed by atoms with van der Waals surface area (Å²) in [5.74, 6) is 4.19. The van der Waals surface area contributed by atoms with Gasteiger partial charge in [-0.05, 0) is 75.5 Å². The maximum absolute atomic E-state index is 12.4. The molecule has 4 aliphatic carbocycles. The number of aryl methyl sites for hydroxylation is 1. The lowest BCUT2D eigenvalue weighted by Gasteiger charge is -2.59. The van der Waals surface area contributed by atoms with Gasteiger partial charge in [-0.25, -0.2) is 0 Å². The fourth-order valence-electron chi connectivity index (χ4n) is 5.79. The zero-order chi connectivity index (χ0) is 16.9. The summed E-state index contributed by atoms with van der Waals surface area (Å²) >= 11 is 1.47. The van der Waals surface area contributed by atoms with E-state index in [-0.39, 0.29) is 5.91 Å². The molecule has 132 valence electrons. The van der Waals surface area contributed by atoms with Crippen molar-refractivity contribution < 1.29 is 4.79 Å². The van der Waals surface area contributed by atoms with Gasteiger partial charge in [-0.1, -0.05) is 11.8 Å². The summed E-state index contributed by atoms with van der Waals surface area (Å²) in [5.41, 5.74) is 0.371. The van der Waals surface area contributed by atoms with Gasteiger partial charge < -0.3 is 9.88 Å². The molecule has 1 aromatic rings. The average Bonchev–Trinajstić information content (AvgIpc) is 2.83. The van der Waals surface area contributed by atoms with E-state index in [1.165, 1.54) is 50.3 Å². The van der Waals surface area contributed by atoms with E-state index < -0.39 is 0 Å². The van der Waals surface area contributed by atoms with Gasteiger partial charge in [-0.2, -0.15) is 0 Å². The van der Waals surface area contributed by atoms with E-state index in [9.17, 15) is 4.79 Å². The van der Waals surface area contributed by atoms with Crippen LogP contribution in [0.15, 0.2) is 5.16 Å². The second kappa shape index (κ2) is 6.04. The van der Waals surface area contributed by atoms with Crippen LogP contribution < -0.4 is 5.32 Å². The van der Waals surface area contributed by atoms with Gasteiger partial charge in [0, 0.05) is 13.1 Å². The van der Waals surface area contributed by atoms with Gasteiger partial charge in [0.05, 0.1) is 5.75 Å². The van der Waals surface area contributed by atoms with Crippen molar-refractivity contribution in [2.75, 3.05) is 5.75 Å². The Morgan fingerprint density at radius 2 is 1.83 bits per heavy atom. The number of nitrogens with zero attached hydrogens (tertiary/aromatic N) is 3. The fourth-order valence-corrected chi connectivity index (χ4v) is 6.56. The fraction of sp³-hybridized carbons (Fsp3) is 0.833. The molecule has 0 radical (unpaired) electrons. The molecule has 0 aromatic carbocycles. The molecule has 24 heavy (non-hydrogen) atoms. The highest BCUT2D eigenvalue weighted by Gasteiger charge is 2.53. The Hall–Kier alpha value is -1.04. The van der Waals surface area contributed by atoms with E-state index in [1.807, 2.05) is 18.5 Å². The van der Waals surface area contributed by atoms with Crippen molar-refractivity contribution in [3.63, 3.8) is 0 Å². The van der Waals surface area contributed by atoms with Crippen LogP contribution in [0, 0.1) is 30.1 Å². The third kappa shape index (κ3) is 2.87. The summed E-state index contributed by atoms with van der Waals surface area (Å²) in [6.07, 6.45) is 8.33. The van der Waals surface area contributed by atoms with Crippen molar-refractivity contribution in [2.24, 2.45) is 30.2 Å². The zero-order valence-electron chi connectivity index (χ0n) is 14.9. The number of nitrogens with one attached hydrogen (secondary N) is 1. The van der Waals surface area contributed by atoms with E-state index >= 15 is 0 Å². The smallest absolute Gasteiger partial charge is 0.230 e. The number of thioether (sulfide) groups is 1. The molecule has 1 amide bonds. The number of carbonyl (C=O) groups excluding carboxylic acids is 1. The molecular weight excluding hydrogens is 320 g/mol. The molecule has 4 fully saturated rings. The summed E-state index contributed by atoms with van der Waals surface area (Å²) in [4.78, 5) is 12.4. The Morgan fingerprint density at radius 3 is 2.33 bits per heavy atom. The minimum Gasteiger partial charge on any atom is -0.352 e. The van der Waals surface area contributed by atoms with Crippen LogP contribution in [0.3, 0.4) is 0 Å². The summed E-state index contributed by atoms with van der Waals surface area (Å²) in [7, 11) is 1.94. The van der Waals surface area contributed by atoms with Crippen LogP contribution in [0.5, 0.6) is 0 Å². The summed E-state index contributed by atoms with van der Waals surface area (Å²) < 4.78 is 1.93. The lowest BCUT2D eigenvalue weighted by atomic mass is 9.48. The third-order valence-corrected chi connectivity index (χ3v) is 7.79. The van der Waals surface area contributed by atoms with Crippen molar-refractivity contribution in [2.45, 2.75) is 63.6 Å². The standard InChI is InChI=1S/C18H28N4OS/c1-11(18-7-13-4-14(8-18)6-15(5-13)9-18)19-16(23)10-24-17-21-20-12(2)22(17)3/h11,13-15H,4-10H2,1-3H3,(H,19,23)/t11-,13?,14?,15?,18?/m0/s1. The lowest BCUT2D eigenvalue weighted by Crippen LogP contribution is -2.56. The molecule has 0 spiro atoms. The molecule has 1 aromatic heterocycles. The van der Waals surface area contributed by atoms with Gasteiger partial charge in [0.1, 0.15) is 5.82 Å². The second-order valence-corrected chi connectivity index (χ2v) is 9.39. The van der Waals surface area contributed by atoms with Crippen molar-refractivity contribution >= 4 is 17.7 Å². The van der Waals surface area contributed by atoms with E-state index in [0.717, 1.165) is 28.7 Å². The van der Waals surface area contributed by atoms with Crippen LogP contribution in [0.1, 0.15) is 51.3 Å². The topological polar surface area (TPSA) is 59.8 Å². The Morgan fingerprint density at radius 1 is 1.25 bits per heavy atom. The van der Waals surface area contributed by atoms with Crippen molar-refractivity contribution in [3.05, 3.63) is 5.82 Å². The van der Waals surface area contributed by atoms with Crippen LogP contribution in [-0.4, -0.2) is 32.5 Å². The zero-order valence-corrected chi connectivity index (χ0v) is 15.7. The molecule has 4 aliphatic rings. The first-order chi connectivity index (χ1) is 11.4. The van der Waals surface area contributed by atoms with Crippen LogP contribution in [-0.2, 0) is 11.8 Å². The molecule has 1 heterocycles. The molecule has 1 atom stereocenters. The predicted molar refractivity (Wildman–Crippen MR) is 94.7 cm³/mol. The SMILES string of the molecule is Cc1nnc(SCC(=O)N[C@@H](C)C23CC4CC(CC(C4)C2)C3)n1C. The Kier molecular flexibility index (Phi) is 4.14. The van der Waals surface area contributed by atoms with Crippen molar-refractivity contribution in [3.8, 4) is 0 Å². The quantitative estimate of drug-likeness (QED) is 0.831. The summed E-state index contributed by atoms with van der Waals surface area (Å²) in [6, 6.07) is 0.292. The Balaban J connectivity index is 1.35. The molecule has 4 bridgehead atoms. The van der Waals surface area contributed by atoms with Gasteiger partial charge >= 0.3 is 0 Å². The first-order valence-electron chi connectivity index (χ1n) is 9.23. The van der Waals surface area contributed by atoms with E-state index in [1.54, 1.807) is 0 Å². The number of hydrogen-bond donors (Lipinski definition) is 1. The number of aromatic nitrogens is 3. The summed E-state index contributed by atoms with van der Waals surface area (Å²) in [5, 5.41) is 12.3. The Bertz CT molecular complexity index is 606. The second-order valence-electron chi connectivity index (χ2n) is 8.45. The molecule has 4 saturated carbocycles. The van der Waals surface area contributed by atoms with Crippen molar-refractivity contribution in [1.82, 2.24) is 20.1 Å². The van der Waals surface area contributed by atoms with Crippen LogP contribution in [0.25, 0.3) is 0 Å². The first kappa shape index (κ1) is 16.4. The maximum atomic E-state index is 12.4. The van der Waals surface area contributed by atoms with Gasteiger partial charge in [-0.15, -0.1) is 10.2 Å². The molecule has 6 heteroatoms. The molecule has 0 saturated heterocycles. The van der Waals surface area contributed by atoms with Gasteiger partial charge in [0.15, 0.2) is 5.16 Å². The van der Waals surface area contributed by atoms with Crippen LogP contribution in [0.4, 0.5) is 0 Å². The third-order valence-electron chi connectivity index (χ3n) is 6.77. The van der Waals surface area contributed by atoms with E-state index in [4.69, 9.17) is 0 Å². The average molecular weight is 349 g/mol. The number of hydrogen-bond acceptors (Lipinski definition) is 4. The van der Waals surface area contributed by atoms with Gasteiger partial charge in [-0.3, -0.25) is 4.79 Å². The molecule has 5 nitrogen and oxygen atoms in total. The monoisotopic (exact) mass is 348 g/mol. The maximum Gasteiger partial charge on any atom is 0.230 e. The Labute approximate surface area is 148 Å². The highest BCUT2D eigenvalue weighted by Crippen LogP contribution is 2.61. The van der Waals surface area contributed by atoms with Crippen LogP contribution in [0.2, 0.25) is 0 Å². The van der Waals surface area contributed by atoms with Gasteiger partial charge in [0.25, 0.3) is 0 Å². The first-order valence-corrected chi connectivity index (χ1v) is 10.2. The molecule has 0 unspecified atom stereocenters. The highest BCUT2D eigenvalue weighted by atomic mass is 32.2. The molecule has 5 rings (SSSR count). The largest absolute Gasteiger partial charge is 0.352 e. The number of carbonyl (C=O) groups is 1. The number of rotatable bonds is 5. The number of amides is 1. The molecule has 1 N–H and O–H groups in total. The highest BCUT2D eigenvalue weighted by molar-refractivity contribution is 7.99. The summed E-state index contributed by atoms with van der Waals surface area (Å²) in [6.45, 7) is 4.16. The molecular formula is C18H28N4OS. The van der Waals surface area contributed by atoms with E-state index in [0.29, 0.717) is 17.2 Å². The lowest BCUT2D eigenvalue weighted by molar-refractivity contribution is -0.123. The van der Waals surface area contributed by atoms with E-state index in [2.05, 4.69) is 22.4 Å². The molecule has 0 aliphatic heterocycles.